The summed E-state index contributed by atoms with van der Waals surface area (Å²) in [4.78, 5) is 0.0607. The lowest BCUT2D eigenvalue weighted by atomic mass is 10.2. The Labute approximate surface area is 135 Å². The van der Waals surface area contributed by atoms with Crippen LogP contribution in [0.1, 0.15) is 17.0 Å². The summed E-state index contributed by atoms with van der Waals surface area (Å²) < 4.78 is 51.5. The number of rotatable bonds is 5. The molecule has 0 fully saturated rings. The Bertz CT molecular complexity index is 946. The van der Waals surface area contributed by atoms with Crippen LogP contribution in [-0.2, 0) is 33.6 Å². The van der Waals surface area contributed by atoms with E-state index in [4.69, 9.17) is 5.14 Å². The monoisotopic (exact) mass is 358 g/mol. The van der Waals surface area contributed by atoms with Crippen molar-refractivity contribution >= 4 is 20.0 Å². The molecular weight excluding hydrogens is 340 g/mol. The summed E-state index contributed by atoms with van der Waals surface area (Å²) in [5.74, 6) is 0. The van der Waals surface area contributed by atoms with Gasteiger partial charge in [0.15, 0.2) is 0 Å². The first kappa shape index (κ1) is 17.6. The lowest BCUT2D eigenvalue weighted by molar-refractivity contribution is 0.579. The highest BCUT2D eigenvalue weighted by molar-refractivity contribution is 7.89. The van der Waals surface area contributed by atoms with Crippen LogP contribution in [-0.4, -0.2) is 26.6 Å². The van der Waals surface area contributed by atoms with E-state index in [-0.39, 0.29) is 16.3 Å². The van der Waals surface area contributed by atoms with Crippen LogP contribution in [0.3, 0.4) is 0 Å². The van der Waals surface area contributed by atoms with E-state index in [2.05, 4.69) is 9.82 Å². The van der Waals surface area contributed by atoms with Crippen molar-refractivity contribution < 1.29 is 16.8 Å². The van der Waals surface area contributed by atoms with Crippen molar-refractivity contribution in [3.8, 4) is 0 Å². The molecule has 0 aliphatic carbocycles. The summed E-state index contributed by atoms with van der Waals surface area (Å²) in [6, 6.07) is 5.80. The molecule has 2 aromatic rings. The SMILES string of the molecule is Cc1nn(C)c(C)c1S(=O)(=O)NCc1cccc(S(N)(=O)=O)c1. The largest absolute Gasteiger partial charge is 0.271 e. The van der Waals surface area contributed by atoms with Crippen molar-refractivity contribution in [2.45, 2.75) is 30.2 Å². The van der Waals surface area contributed by atoms with Crippen LogP contribution in [0, 0.1) is 13.8 Å². The molecule has 0 amide bonds. The van der Waals surface area contributed by atoms with Gasteiger partial charge in [0.1, 0.15) is 4.90 Å². The van der Waals surface area contributed by atoms with Gasteiger partial charge in [0.2, 0.25) is 20.0 Å². The van der Waals surface area contributed by atoms with Gasteiger partial charge in [-0.05, 0) is 31.5 Å². The Hall–Kier alpha value is -1.75. The van der Waals surface area contributed by atoms with Crippen molar-refractivity contribution in [2.75, 3.05) is 0 Å². The maximum absolute atomic E-state index is 12.4. The fraction of sp³-hybridized carbons (Fsp3) is 0.308. The number of benzene rings is 1. The van der Waals surface area contributed by atoms with Crippen molar-refractivity contribution in [1.29, 1.82) is 0 Å². The Morgan fingerprint density at radius 1 is 1.22 bits per heavy atom. The van der Waals surface area contributed by atoms with Crippen LogP contribution >= 0.6 is 0 Å². The number of hydrogen-bond donors (Lipinski definition) is 2. The smallest absolute Gasteiger partial charge is 0.244 e. The summed E-state index contributed by atoms with van der Waals surface area (Å²) in [6.45, 7) is 3.22. The van der Waals surface area contributed by atoms with Crippen LogP contribution in [0.15, 0.2) is 34.1 Å². The van der Waals surface area contributed by atoms with Crippen LogP contribution in [0.4, 0.5) is 0 Å². The van der Waals surface area contributed by atoms with Gasteiger partial charge in [-0.1, -0.05) is 12.1 Å². The van der Waals surface area contributed by atoms with Crippen LogP contribution in [0.25, 0.3) is 0 Å². The zero-order chi connectivity index (χ0) is 17.4. The number of nitrogens with one attached hydrogen (secondary N) is 1. The summed E-state index contributed by atoms with van der Waals surface area (Å²) in [7, 11) is -5.93. The summed E-state index contributed by atoms with van der Waals surface area (Å²) in [6.07, 6.45) is 0. The van der Waals surface area contributed by atoms with E-state index >= 15 is 0 Å². The first-order valence-electron chi connectivity index (χ1n) is 6.64. The van der Waals surface area contributed by atoms with E-state index in [1.165, 1.54) is 22.9 Å². The Balaban J connectivity index is 2.27. The second-order valence-electron chi connectivity index (χ2n) is 5.14. The molecule has 1 heterocycles. The number of primary sulfonamides is 1. The Kier molecular flexibility index (Phi) is 4.62. The van der Waals surface area contributed by atoms with Gasteiger partial charge in [0.05, 0.1) is 16.3 Å². The van der Waals surface area contributed by atoms with E-state index in [1.807, 2.05) is 0 Å². The number of hydrogen-bond acceptors (Lipinski definition) is 5. The van der Waals surface area contributed by atoms with Crippen LogP contribution in [0.5, 0.6) is 0 Å². The van der Waals surface area contributed by atoms with Gasteiger partial charge in [0, 0.05) is 13.6 Å². The third kappa shape index (κ3) is 3.78. The molecule has 0 aliphatic heterocycles. The summed E-state index contributed by atoms with van der Waals surface area (Å²) >= 11 is 0. The zero-order valence-electron chi connectivity index (χ0n) is 12.9. The quantitative estimate of drug-likeness (QED) is 0.788. The third-order valence-corrected chi connectivity index (χ3v) is 5.97. The second kappa shape index (κ2) is 6.04. The molecule has 126 valence electrons. The van der Waals surface area contributed by atoms with Crippen molar-refractivity contribution in [2.24, 2.45) is 12.2 Å². The average Bonchev–Trinajstić information content (AvgIpc) is 2.70. The number of sulfonamides is 2. The van der Waals surface area contributed by atoms with E-state index < -0.39 is 20.0 Å². The highest BCUT2D eigenvalue weighted by Crippen LogP contribution is 2.19. The average molecular weight is 358 g/mol. The Morgan fingerprint density at radius 2 is 1.87 bits per heavy atom. The third-order valence-electron chi connectivity index (χ3n) is 3.40. The summed E-state index contributed by atoms with van der Waals surface area (Å²) in [5, 5.41) is 9.14. The standard InChI is InChI=1S/C13H18N4O4S2/c1-9-13(10(2)17(3)16-9)23(20,21)15-8-11-5-4-6-12(7-11)22(14,18)19/h4-7,15H,8H2,1-3H3,(H2,14,18,19). The molecule has 0 spiro atoms. The highest BCUT2D eigenvalue weighted by atomic mass is 32.2. The first-order valence-corrected chi connectivity index (χ1v) is 9.67. The van der Waals surface area contributed by atoms with E-state index in [1.54, 1.807) is 27.0 Å². The normalized spacial score (nSPS) is 12.5. The maximum Gasteiger partial charge on any atom is 0.244 e. The lowest BCUT2D eigenvalue weighted by Crippen LogP contribution is -2.24. The van der Waals surface area contributed by atoms with Gasteiger partial charge in [-0.25, -0.2) is 26.7 Å². The molecule has 0 saturated heterocycles. The molecule has 0 radical (unpaired) electrons. The van der Waals surface area contributed by atoms with Gasteiger partial charge in [-0.3, -0.25) is 4.68 Å². The predicted molar refractivity (Wildman–Crippen MR) is 84.5 cm³/mol. The first-order chi connectivity index (χ1) is 10.5. The number of nitrogens with two attached hydrogens (primary N) is 1. The molecule has 0 saturated carbocycles. The fourth-order valence-electron chi connectivity index (χ4n) is 2.23. The predicted octanol–water partition coefficient (Wildman–Crippen LogP) is 0.163. The molecule has 0 aliphatic rings. The Morgan fingerprint density at radius 3 is 2.39 bits per heavy atom. The molecule has 1 aromatic heterocycles. The van der Waals surface area contributed by atoms with Gasteiger partial charge in [-0.15, -0.1) is 0 Å². The minimum absolute atomic E-state index is 0.0561. The molecule has 1 aromatic carbocycles. The maximum atomic E-state index is 12.4. The van der Waals surface area contributed by atoms with E-state index in [0.29, 0.717) is 17.0 Å². The minimum Gasteiger partial charge on any atom is -0.271 e. The summed E-state index contributed by atoms with van der Waals surface area (Å²) in [5.41, 5.74) is 1.41. The minimum atomic E-state index is -3.83. The fourth-order valence-corrected chi connectivity index (χ4v) is 4.26. The number of aryl methyl sites for hydroxylation is 2. The lowest BCUT2D eigenvalue weighted by Gasteiger charge is -2.08. The van der Waals surface area contributed by atoms with Gasteiger partial charge in [0.25, 0.3) is 0 Å². The van der Waals surface area contributed by atoms with E-state index in [9.17, 15) is 16.8 Å². The number of aromatic nitrogens is 2. The van der Waals surface area contributed by atoms with Gasteiger partial charge < -0.3 is 0 Å². The van der Waals surface area contributed by atoms with Gasteiger partial charge >= 0.3 is 0 Å². The molecular formula is C13H18N4O4S2. The molecule has 3 N–H and O–H groups in total. The van der Waals surface area contributed by atoms with Crippen molar-refractivity contribution in [1.82, 2.24) is 14.5 Å². The topological polar surface area (TPSA) is 124 Å². The van der Waals surface area contributed by atoms with Crippen molar-refractivity contribution in [3.63, 3.8) is 0 Å². The molecule has 0 unspecified atom stereocenters. The molecule has 8 nitrogen and oxygen atoms in total. The molecule has 2 rings (SSSR count). The van der Waals surface area contributed by atoms with E-state index in [0.717, 1.165) is 0 Å². The highest BCUT2D eigenvalue weighted by Gasteiger charge is 2.23. The van der Waals surface area contributed by atoms with Crippen molar-refractivity contribution in [3.05, 3.63) is 41.2 Å². The van der Waals surface area contributed by atoms with Gasteiger partial charge in [-0.2, -0.15) is 5.10 Å². The number of nitrogens with zero attached hydrogens (tertiary/aromatic N) is 2. The zero-order valence-corrected chi connectivity index (χ0v) is 14.6. The van der Waals surface area contributed by atoms with Crippen LogP contribution in [0.2, 0.25) is 0 Å². The molecule has 0 bridgehead atoms. The molecule has 23 heavy (non-hydrogen) atoms. The molecule has 0 atom stereocenters. The second-order valence-corrected chi connectivity index (χ2v) is 8.41. The van der Waals surface area contributed by atoms with Crippen LogP contribution < -0.4 is 9.86 Å². The molecule has 10 heteroatoms.